The van der Waals surface area contributed by atoms with Gasteiger partial charge in [0.1, 0.15) is 0 Å². The summed E-state index contributed by atoms with van der Waals surface area (Å²) in [6.45, 7) is 3.18. The molecule has 1 aliphatic rings. The number of halogens is 4. The van der Waals surface area contributed by atoms with Gasteiger partial charge in [-0.25, -0.2) is 13.1 Å². The van der Waals surface area contributed by atoms with Crippen LogP contribution in [0.1, 0.15) is 18.9 Å². The van der Waals surface area contributed by atoms with Crippen molar-refractivity contribution in [3.8, 4) is 0 Å². The van der Waals surface area contributed by atoms with E-state index >= 15 is 0 Å². The van der Waals surface area contributed by atoms with Crippen LogP contribution in [0, 0.1) is 5.92 Å². The van der Waals surface area contributed by atoms with Crippen LogP contribution in [0.15, 0.2) is 23.1 Å². The van der Waals surface area contributed by atoms with E-state index in [1.165, 1.54) is 0 Å². The van der Waals surface area contributed by atoms with Crippen LogP contribution in [0.3, 0.4) is 0 Å². The van der Waals surface area contributed by atoms with Crippen molar-refractivity contribution in [2.75, 3.05) is 13.1 Å². The maximum Gasteiger partial charge on any atom is 0.416 e. The molecule has 4 nitrogen and oxygen atoms in total. The highest BCUT2D eigenvalue weighted by Gasteiger charge is 2.33. The Morgan fingerprint density at radius 2 is 2.00 bits per heavy atom. The molecule has 2 unspecified atom stereocenters. The number of alkyl halides is 3. The molecule has 0 saturated carbocycles. The third-order valence-electron chi connectivity index (χ3n) is 3.60. The number of piperidine rings is 1. The minimum atomic E-state index is -4.66. The first-order chi connectivity index (χ1) is 10.1. The van der Waals surface area contributed by atoms with Crippen LogP contribution < -0.4 is 10.0 Å². The van der Waals surface area contributed by atoms with E-state index in [0.29, 0.717) is 31.6 Å². The lowest BCUT2D eigenvalue weighted by Crippen LogP contribution is -2.48. The van der Waals surface area contributed by atoms with Gasteiger partial charge in [0.15, 0.2) is 0 Å². The first-order valence-corrected chi connectivity index (χ1v) is 8.56. The largest absolute Gasteiger partial charge is 0.416 e. The van der Waals surface area contributed by atoms with Crippen LogP contribution >= 0.6 is 11.6 Å². The second kappa shape index (κ2) is 6.35. The van der Waals surface area contributed by atoms with E-state index in [1.54, 1.807) is 0 Å². The van der Waals surface area contributed by atoms with Gasteiger partial charge in [-0.1, -0.05) is 18.5 Å². The Kier molecular flexibility index (Phi) is 5.06. The smallest absolute Gasteiger partial charge is 0.316 e. The third kappa shape index (κ3) is 4.13. The zero-order valence-corrected chi connectivity index (χ0v) is 13.3. The molecule has 1 saturated heterocycles. The average molecular weight is 357 g/mol. The predicted octanol–water partition coefficient (Wildman–Crippen LogP) is 2.64. The molecule has 0 amide bonds. The number of nitrogens with one attached hydrogen (secondary N) is 2. The van der Waals surface area contributed by atoms with Gasteiger partial charge in [0.05, 0.1) is 10.5 Å². The summed E-state index contributed by atoms with van der Waals surface area (Å²) in [5.74, 6) is 0.0461. The summed E-state index contributed by atoms with van der Waals surface area (Å²) < 4.78 is 65.4. The van der Waals surface area contributed by atoms with Crippen molar-refractivity contribution < 1.29 is 21.6 Å². The molecular formula is C13H16ClF3N2O2S. The van der Waals surface area contributed by atoms with Gasteiger partial charge in [-0.15, -0.1) is 0 Å². The van der Waals surface area contributed by atoms with Crippen molar-refractivity contribution in [2.24, 2.45) is 5.92 Å². The van der Waals surface area contributed by atoms with E-state index in [2.05, 4.69) is 10.0 Å². The second-order valence-corrected chi connectivity index (χ2v) is 7.52. The molecule has 0 bridgehead atoms. The Labute approximate surface area is 132 Å². The van der Waals surface area contributed by atoms with Gasteiger partial charge >= 0.3 is 6.18 Å². The lowest BCUT2D eigenvalue weighted by atomic mass is 9.97. The maximum atomic E-state index is 12.8. The van der Waals surface area contributed by atoms with Crippen LogP contribution in [0.4, 0.5) is 13.2 Å². The molecule has 1 aromatic carbocycles. The lowest BCUT2D eigenvalue weighted by Gasteiger charge is -2.30. The Morgan fingerprint density at radius 3 is 2.59 bits per heavy atom. The van der Waals surface area contributed by atoms with Gasteiger partial charge in [-0.3, -0.25) is 0 Å². The molecule has 0 spiro atoms. The fourth-order valence-corrected chi connectivity index (χ4v) is 4.09. The number of rotatable bonds is 3. The summed E-state index contributed by atoms with van der Waals surface area (Å²) in [5, 5.41) is 2.85. The Morgan fingerprint density at radius 1 is 1.32 bits per heavy atom. The first-order valence-electron chi connectivity index (χ1n) is 6.70. The fourth-order valence-electron chi connectivity index (χ4n) is 2.34. The summed E-state index contributed by atoms with van der Waals surface area (Å²) >= 11 is 5.63. The van der Waals surface area contributed by atoms with Gasteiger partial charge in [-0.2, -0.15) is 13.2 Å². The van der Waals surface area contributed by atoms with Crippen molar-refractivity contribution >= 4 is 21.6 Å². The van der Waals surface area contributed by atoms with Crippen LogP contribution in [0.2, 0.25) is 5.02 Å². The van der Waals surface area contributed by atoms with Crippen LogP contribution in [0.25, 0.3) is 0 Å². The van der Waals surface area contributed by atoms with Crippen LogP contribution in [-0.2, 0) is 16.2 Å². The van der Waals surface area contributed by atoms with Gasteiger partial charge in [0.25, 0.3) is 0 Å². The van der Waals surface area contributed by atoms with E-state index in [4.69, 9.17) is 11.6 Å². The van der Waals surface area contributed by atoms with Crippen LogP contribution in [-0.4, -0.2) is 27.5 Å². The summed E-state index contributed by atoms with van der Waals surface area (Å²) in [7, 11) is -4.06. The highest BCUT2D eigenvalue weighted by atomic mass is 35.5. The molecule has 22 heavy (non-hydrogen) atoms. The van der Waals surface area contributed by atoms with Crippen LogP contribution in [0.5, 0.6) is 0 Å². The Bertz CT molecular complexity index is 649. The monoisotopic (exact) mass is 356 g/mol. The standard InChI is InChI=1S/C13H16ClF3N2O2S/c1-8-7-18-3-2-12(8)19-22(20,21)11-5-9(13(15,16)17)4-10(14)6-11/h4-6,8,12,18-19H,2-3,7H2,1H3. The van der Waals surface area contributed by atoms with Gasteiger partial charge in [0.2, 0.25) is 10.0 Å². The first kappa shape index (κ1) is 17.5. The number of hydrogen-bond acceptors (Lipinski definition) is 3. The number of hydrogen-bond donors (Lipinski definition) is 2. The molecule has 1 aromatic rings. The highest BCUT2D eigenvalue weighted by Crippen LogP contribution is 2.33. The SMILES string of the molecule is CC1CNCCC1NS(=O)(=O)c1cc(Cl)cc(C(F)(F)F)c1. The zero-order valence-electron chi connectivity index (χ0n) is 11.7. The Hall–Kier alpha value is -0.830. The molecule has 0 aliphatic carbocycles. The van der Waals surface area contributed by atoms with Gasteiger partial charge in [0, 0.05) is 11.1 Å². The third-order valence-corrected chi connectivity index (χ3v) is 5.29. The molecule has 0 aromatic heterocycles. The molecule has 2 atom stereocenters. The normalized spacial score (nSPS) is 23.5. The lowest BCUT2D eigenvalue weighted by molar-refractivity contribution is -0.137. The van der Waals surface area contributed by atoms with Crippen molar-refractivity contribution in [3.05, 3.63) is 28.8 Å². The number of sulfonamides is 1. The van der Waals surface area contributed by atoms with E-state index in [-0.39, 0.29) is 17.0 Å². The van der Waals surface area contributed by atoms with E-state index in [9.17, 15) is 21.6 Å². The molecule has 2 rings (SSSR count). The number of benzene rings is 1. The van der Waals surface area contributed by atoms with E-state index in [1.807, 2.05) is 6.92 Å². The van der Waals surface area contributed by atoms with Crippen molar-refractivity contribution in [1.82, 2.24) is 10.0 Å². The maximum absolute atomic E-state index is 12.8. The van der Waals surface area contributed by atoms with E-state index in [0.717, 1.165) is 6.07 Å². The summed E-state index contributed by atoms with van der Waals surface area (Å²) in [6, 6.07) is 2.00. The van der Waals surface area contributed by atoms with Crippen molar-refractivity contribution in [1.29, 1.82) is 0 Å². The minimum Gasteiger partial charge on any atom is -0.316 e. The molecule has 2 N–H and O–H groups in total. The summed E-state index contributed by atoms with van der Waals surface area (Å²) in [5.41, 5.74) is -1.08. The Balaban J connectivity index is 2.31. The molecule has 1 fully saturated rings. The van der Waals surface area contributed by atoms with Crippen molar-refractivity contribution in [2.45, 2.75) is 30.5 Å². The predicted molar refractivity (Wildman–Crippen MR) is 77.2 cm³/mol. The average Bonchev–Trinajstić information content (AvgIpc) is 2.39. The van der Waals surface area contributed by atoms with E-state index < -0.39 is 26.7 Å². The van der Waals surface area contributed by atoms with Gasteiger partial charge in [-0.05, 0) is 43.6 Å². The molecule has 9 heteroatoms. The fraction of sp³-hybridized carbons (Fsp3) is 0.538. The molecule has 0 radical (unpaired) electrons. The topological polar surface area (TPSA) is 58.2 Å². The minimum absolute atomic E-state index is 0.0461. The summed E-state index contributed by atoms with van der Waals surface area (Å²) in [6.07, 6.45) is -4.08. The zero-order chi connectivity index (χ0) is 16.5. The van der Waals surface area contributed by atoms with Crippen molar-refractivity contribution in [3.63, 3.8) is 0 Å². The molecule has 124 valence electrons. The quantitative estimate of drug-likeness (QED) is 0.875. The molecular weight excluding hydrogens is 341 g/mol. The molecule has 1 aliphatic heterocycles. The molecule has 1 heterocycles. The van der Waals surface area contributed by atoms with Gasteiger partial charge < -0.3 is 5.32 Å². The summed E-state index contributed by atoms with van der Waals surface area (Å²) in [4.78, 5) is -0.474. The second-order valence-electron chi connectivity index (χ2n) is 5.37. The highest BCUT2D eigenvalue weighted by molar-refractivity contribution is 7.89.